The van der Waals surface area contributed by atoms with E-state index in [2.05, 4.69) is 73.2 Å². The third kappa shape index (κ3) is 2.00. The Morgan fingerprint density at radius 3 is 2.18 bits per heavy atom. The quantitative estimate of drug-likeness (QED) is 0.350. The first kappa shape index (κ1) is 11.6. The van der Waals surface area contributed by atoms with Gasteiger partial charge in [-0.25, -0.2) is 0 Å². The molecule has 4 N–H and O–H groups in total. The Kier molecular flexibility index (Phi) is 3.38. The van der Waals surface area contributed by atoms with Crippen molar-refractivity contribution >= 4 is 21.5 Å². The molecule has 17 heavy (non-hydrogen) atoms. The largest absolute Gasteiger partial charge is 0.274 e. The van der Waals surface area contributed by atoms with E-state index in [4.69, 9.17) is 0 Å². The maximum atomic E-state index is 4.00. The van der Waals surface area contributed by atoms with E-state index in [9.17, 15) is 0 Å². The molecule has 3 rings (SSSR count). The second-order valence-corrected chi connectivity index (χ2v) is 3.96. The van der Waals surface area contributed by atoms with Crippen molar-refractivity contribution in [3.63, 3.8) is 0 Å². The lowest BCUT2D eigenvalue weighted by Crippen LogP contribution is -2.02. The van der Waals surface area contributed by atoms with Crippen LogP contribution in [0.4, 0.5) is 0 Å². The minimum Gasteiger partial charge on any atom is -0.274 e. The number of hydrazine groups is 1. The number of rotatable bonds is 0. The van der Waals surface area contributed by atoms with Gasteiger partial charge in [0.05, 0.1) is 0 Å². The van der Waals surface area contributed by atoms with Crippen LogP contribution < -0.4 is 11.7 Å². The first-order chi connectivity index (χ1) is 8.36. The molecule has 3 aromatic rings. The van der Waals surface area contributed by atoms with E-state index in [0.717, 1.165) is 0 Å². The van der Waals surface area contributed by atoms with E-state index in [1.165, 1.54) is 27.1 Å². The normalized spacial score (nSPS) is 10.1. The first-order valence-electron chi connectivity index (χ1n) is 5.57. The van der Waals surface area contributed by atoms with E-state index >= 15 is 0 Å². The van der Waals surface area contributed by atoms with Crippen molar-refractivity contribution in [1.82, 2.24) is 0 Å². The third-order valence-electron chi connectivity index (χ3n) is 3.00. The summed E-state index contributed by atoms with van der Waals surface area (Å²) in [5, 5.41) is 5.37. The lowest BCUT2D eigenvalue weighted by molar-refractivity contribution is 1.26. The second kappa shape index (κ2) is 4.95. The highest BCUT2D eigenvalue weighted by Crippen LogP contribution is 2.26. The molecule has 0 heterocycles. The SMILES string of the molecule is Cc1cccc2c1ccc1ccccc12.NN. The maximum absolute atomic E-state index is 4.00. The third-order valence-corrected chi connectivity index (χ3v) is 3.00. The van der Waals surface area contributed by atoms with E-state index in [-0.39, 0.29) is 0 Å². The van der Waals surface area contributed by atoms with E-state index in [0.29, 0.717) is 0 Å². The number of nitrogens with two attached hydrogens (primary N) is 2. The fourth-order valence-electron chi connectivity index (χ4n) is 2.20. The predicted octanol–water partition coefficient (Wildman–Crippen LogP) is 3.12. The van der Waals surface area contributed by atoms with Crippen molar-refractivity contribution in [2.24, 2.45) is 11.7 Å². The summed E-state index contributed by atoms with van der Waals surface area (Å²) in [6, 6.07) is 19.5. The Morgan fingerprint density at radius 1 is 0.647 bits per heavy atom. The number of aryl methyl sites for hydroxylation is 1. The molecule has 0 aromatic heterocycles. The van der Waals surface area contributed by atoms with E-state index in [1.807, 2.05) is 0 Å². The molecule has 86 valence electrons. The molecule has 0 saturated carbocycles. The zero-order valence-electron chi connectivity index (χ0n) is 9.85. The second-order valence-electron chi connectivity index (χ2n) is 3.96. The first-order valence-corrected chi connectivity index (χ1v) is 5.57. The van der Waals surface area contributed by atoms with Crippen molar-refractivity contribution < 1.29 is 0 Å². The molecule has 0 saturated heterocycles. The summed E-state index contributed by atoms with van der Waals surface area (Å²) in [4.78, 5) is 0. The number of benzene rings is 3. The highest BCUT2D eigenvalue weighted by Gasteiger charge is 2.00. The molecular formula is C15H16N2. The average molecular weight is 224 g/mol. The van der Waals surface area contributed by atoms with Crippen molar-refractivity contribution in [1.29, 1.82) is 0 Å². The van der Waals surface area contributed by atoms with Crippen LogP contribution in [-0.4, -0.2) is 0 Å². The van der Waals surface area contributed by atoms with Gasteiger partial charge in [-0.15, -0.1) is 0 Å². The van der Waals surface area contributed by atoms with Gasteiger partial charge in [0.2, 0.25) is 0 Å². The lowest BCUT2D eigenvalue weighted by atomic mass is 9.99. The molecule has 0 aliphatic heterocycles. The Balaban J connectivity index is 0.000000514. The highest BCUT2D eigenvalue weighted by atomic mass is 15.0. The van der Waals surface area contributed by atoms with Crippen molar-refractivity contribution in [3.05, 3.63) is 60.2 Å². The fourth-order valence-corrected chi connectivity index (χ4v) is 2.20. The number of fused-ring (bicyclic) bond motifs is 3. The molecule has 0 bridgehead atoms. The van der Waals surface area contributed by atoms with Crippen LogP contribution in [0.15, 0.2) is 54.6 Å². The summed E-state index contributed by atoms with van der Waals surface area (Å²) in [6.07, 6.45) is 0. The van der Waals surface area contributed by atoms with Gasteiger partial charge in [-0.1, -0.05) is 54.6 Å². The van der Waals surface area contributed by atoms with Gasteiger partial charge in [-0.2, -0.15) is 0 Å². The van der Waals surface area contributed by atoms with E-state index < -0.39 is 0 Å². The van der Waals surface area contributed by atoms with Gasteiger partial charge in [0.1, 0.15) is 0 Å². The molecule has 0 radical (unpaired) electrons. The lowest BCUT2D eigenvalue weighted by Gasteiger charge is -2.05. The van der Waals surface area contributed by atoms with Crippen LogP contribution in [0.5, 0.6) is 0 Å². The Hall–Kier alpha value is -1.90. The van der Waals surface area contributed by atoms with Gasteiger partial charge in [0.15, 0.2) is 0 Å². The summed E-state index contributed by atoms with van der Waals surface area (Å²) in [7, 11) is 0. The van der Waals surface area contributed by atoms with Gasteiger partial charge < -0.3 is 0 Å². The van der Waals surface area contributed by atoms with Crippen LogP contribution in [0, 0.1) is 6.92 Å². The van der Waals surface area contributed by atoms with Gasteiger partial charge in [-0.05, 0) is 34.0 Å². The van der Waals surface area contributed by atoms with E-state index in [1.54, 1.807) is 0 Å². The molecule has 0 amide bonds. The molecular weight excluding hydrogens is 208 g/mol. The topological polar surface area (TPSA) is 52.0 Å². The molecule has 0 aliphatic rings. The Bertz CT molecular complexity index is 645. The predicted molar refractivity (Wildman–Crippen MR) is 74.6 cm³/mol. The van der Waals surface area contributed by atoms with Crippen LogP contribution in [-0.2, 0) is 0 Å². The van der Waals surface area contributed by atoms with Gasteiger partial charge in [-0.3, -0.25) is 11.7 Å². The summed E-state index contributed by atoms with van der Waals surface area (Å²) in [6.45, 7) is 2.16. The molecule has 3 aromatic carbocycles. The summed E-state index contributed by atoms with van der Waals surface area (Å²) < 4.78 is 0. The summed E-state index contributed by atoms with van der Waals surface area (Å²) in [5.74, 6) is 8.00. The monoisotopic (exact) mass is 224 g/mol. The van der Waals surface area contributed by atoms with Gasteiger partial charge >= 0.3 is 0 Å². The van der Waals surface area contributed by atoms with Crippen LogP contribution in [0.3, 0.4) is 0 Å². The van der Waals surface area contributed by atoms with Crippen LogP contribution in [0.2, 0.25) is 0 Å². The molecule has 0 aliphatic carbocycles. The minimum atomic E-state index is 1.32. The van der Waals surface area contributed by atoms with Crippen molar-refractivity contribution in [3.8, 4) is 0 Å². The standard InChI is InChI=1S/C15H12.H4N2/c1-11-5-4-8-15-13(11)10-9-12-6-2-3-7-14(12)15;1-2/h2-10H,1H3;1-2H2. The minimum absolute atomic E-state index is 1.32. The zero-order valence-corrected chi connectivity index (χ0v) is 9.85. The van der Waals surface area contributed by atoms with Crippen LogP contribution in [0.1, 0.15) is 5.56 Å². The molecule has 2 heteroatoms. The Morgan fingerprint density at radius 2 is 1.35 bits per heavy atom. The molecule has 0 atom stereocenters. The van der Waals surface area contributed by atoms with Crippen molar-refractivity contribution in [2.75, 3.05) is 0 Å². The maximum Gasteiger partial charge on any atom is -0.0103 e. The van der Waals surface area contributed by atoms with Crippen LogP contribution >= 0.6 is 0 Å². The Labute approximate surface area is 101 Å². The molecule has 0 unspecified atom stereocenters. The molecule has 0 fully saturated rings. The van der Waals surface area contributed by atoms with Crippen molar-refractivity contribution in [2.45, 2.75) is 6.92 Å². The highest BCUT2D eigenvalue weighted by molar-refractivity contribution is 6.08. The van der Waals surface area contributed by atoms with Crippen LogP contribution in [0.25, 0.3) is 21.5 Å². The summed E-state index contributed by atoms with van der Waals surface area (Å²) >= 11 is 0. The molecule has 2 nitrogen and oxygen atoms in total. The fraction of sp³-hybridized carbons (Fsp3) is 0.0667. The average Bonchev–Trinajstić information content (AvgIpc) is 2.41. The zero-order chi connectivity index (χ0) is 12.3. The summed E-state index contributed by atoms with van der Waals surface area (Å²) in [5.41, 5.74) is 1.35. The van der Waals surface area contributed by atoms with Gasteiger partial charge in [0.25, 0.3) is 0 Å². The number of hydrogen-bond acceptors (Lipinski definition) is 2. The number of hydrogen-bond donors (Lipinski definition) is 2. The molecule has 0 spiro atoms. The van der Waals surface area contributed by atoms with Gasteiger partial charge in [0, 0.05) is 0 Å². The smallest absolute Gasteiger partial charge is 0.0103 e.